The Labute approximate surface area is 163 Å². The lowest BCUT2D eigenvalue weighted by Gasteiger charge is -2.59. The van der Waals surface area contributed by atoms with E-state index in [4.69, 9.17) is 4.74 Å². The Morgan fingerprint density at radius 1 is 1.25 bits per heavy atom. The van der Waals surface area contributed by atoms with Crippen LogP contribution in [0.5, 0.6) is 0 Å². The fraction of sp³-hybridized carbons (Fsp3) is 0.833. The first-order valence-corrected chi connectivity index (χ1v) is 8.84. The van der Waals surface area contributed by atoms with Crippen LogP contribution in [0.4, 0.5) is 0 Å². The number of ether oxygens (including phenoxy) is 1. The highest BCUT2D eigenvalue weighted by molar-refractivity contribution is 14.0. The number of hydrogen-bond acceptors (Lipinski definition) is 3. The van der Waals surface area contributed by atoms with Gasteiger partial charge in [0.05, 0.1) is 5.60 Å². The lowest BCUT2D eigenvalue weighted by atomic mass is 9.56. The first kappa shape index (κ1) is 20.0. The van der Waals surface area contributed by atoms with Crippen molar-refractivity contribution >= 4 is 29.9 Å². The van der Waals surface area contributed by atoms with Crippen molar-refractivity contribution in [2.75, 3.05) is 40.3 Å². The fourth-order valence-corrected chi connectivity index (χ4v) is 4.20. The number of guanidine groups is 1. The van der Waals surface area contributed by atoms with Crippen molar-refractivity contribution in [3.05, 3.63) is 12.2 Å². The van der Waals surface area contributed by atoms with Gasteiger partial charge in [0.15, 0.2) is 5.96 Å². The van der Waals surface area contributed by atoms with E-state index in [0.717, 1.165) is 38.6 Å². The number of rotatable bonds is 3. The summed E-state index contributed by atoms with van der Waals surface area (Å²) in [6.45, 7) is 11.2. The van der Waals surface area contributed by atoms with Crippen LogP contribution >= 0.6 is 24.0 Å². The minimum Gasteiger partial charge on any atom is -0.378 e. The Balaban J connectivity index is 0.00000208. The minimum atomic E-state index is -0.0434. The van der Waals surface area contributed by atoms with Gasteiger partial charge < -0.3 is 15.0 Å². The number of nitrogens with zero attached hydrogens (tertiary/aromatic N) is 3. The summed E-state index contributed by atoms with van der Waals surface area (Å²) in [5, 5.41) is 3.70. The van der Waals surface area contributed by atoms with Gasteiger partial charge in [-0.25, -0.2) is 0 Å². The zero-order chi connectivity index (χ0) is 16.7. The molecule has 0 spiro atoms. The summed E-state index contributed by atoms with van der Waals surface area (Å²) in [6.07, 6.45) is 6.81. The maximum Gasteiger partial charge on any atom is 0.193 e. The smallest absolute Gasteiger partial charge is 0.193 e. The fourth-order valence-electron chi connectivity index (χ4n) is 4.20. The van der Waals surface area contributed by atoms with E-state index in [-0.39, 0.29) is 35.0 Å². The average Bonchev–Trinajstić information content (AvgIpc) is 3.21. The number of likely N-dealkylation sites (tertiary alicyclic amines) is 1. The second-order valence-corrected chi connectivity index (χ2v) is 7.92. The lowest BCUT2D eigenvalue weighted by molar-refractivity contribution is -0.176. The molecule has 3 rings (SSSR count). The van der Waals surface area contributed by atoms with Gasteiger partial charge in [0.1, 0.15) is 0 Å². The summed E-state index contributed by atoms with van der Waals surface area (Å²) in [5.41, 5.74) is 0.0635. The molecule has 5 nitrogen and oxygen atoms in total. The minimum absolute atomic E-state index is 0. The third-order valence-electron chi connectivity index (χ3n) is 6.62. The highest BCUT2D eigenvalue weighted by Crippen LogP contribution is 2.51. The van der Waals surface area contributed by atoms with E-state index in [2.05, 4.69) is 53.0 Å². The van der Waals surface area contributed by atoms with E-state index >= 15 is 0 Å². The van der Waals surface area contributed by atoms with Crippen LogP contribution in [0.15, 0.2) is 17.1 Å². The van der Waals surface area contributed by atoms with Crippen molar-refractivity contribution in [2.24, 2.45) is 10.4 Å². The Bertz CT molecular complexity index is 499. The van der Waals surface area contributed by atoms with E-state index in [9.17, 15) is 0 Å². The second kappa shape index (κ2) is 7.50. The van der Waals surface area contributed by atoms with Crippen molar-refractivity contribution in [2.45, 2.75) is 51.3 Å². The van der Waals surface area contributed by atoms with E-state index in [1.165, 1.54) is 6.42 Å². The number of aliphatic imine (C=N–C) groups is 1. The largest absolute Gasteiger partial charge is 0.378 e. The molecule has 0 aromatic heterocycles. The van der Waals surface area contributed by atoms with Gasteiger partial charge in [0, 0.05) is 57.8 Å². The average molecular weight is 448 g/mol. The van der Waals surface area contributed by atoms with E-state index < -0.39 is 0 Å². The van der Waals surface area contributed by atoms with E-state index in [1.807, 2.05) is 14.2 Å². The third kappa shape index (κ3) is 3.33. The Hall–Kier alpha value is -0.340. The van der Waals surface area contributed by atoms with Crippen molar-refractivity contribution in [3.8, 4) is 0 Å². The van der Waals surface area contributed by atoms with Gasteiger partial charge in [-0.05, 0) is 19.8 Å². The predicted octanol–water partition coefficient (Wildman–Crippen LogP) is 2.33. The van der Waals surface area contributed by atoms with Crippen molar-refractivity contribution in [1.82, 2.24) is 15.1 Å². The molecule has 2 heterocycles. The van der Waals surface area contributed by atoms with Crippen LogP contribution in [0.2, 0.25) is 0 Å². The second-order valence-electron chi connectivity index (χ2n) is 7.92. The molecule has 3 unspecified atom stereocenters. The number of halogens is 1. The number of hydrogen-bond donors (Lipinski definition) is 1. The number of methoxy groups -OCH3 is 1. The van der Waals surface area contributed by atoms with Gasteiger partial charge in [-0.1, -0.05) is 26.0 Å². The summed E-state index contributed by atoms with van der Waals surface area (Å²) in [5.74, 6) is 1.05. The highest BCUT2D eigenvalue weighted by atomic mass is 127. The van der Waals surface area contributed by atoms with Crippen LogP contribution in [0.25, 0.3) is 0 Å². The van der Waals surface area contributed by atoms with Crippen molar-refractivity contribution < 1.29 is 4.74 Å². The van der Waals surface area contributed by atoms with Crippen LogP contribution in [-0.2, 0) is 4.74 Å². The van der Waals surface area contributed by atoms with Gasteiger partial charge in [-0.2, -0.15) is 0 Å². The Morgan fingerprint density at radius 2 is 1.92 bits per heavy atom. The molecule has 138 valence electrons. The summed E-state index contributed by atoms with van der Waals surface area (Å²) in [4.78, 5) is 9.52. The van der Waals surface area contributed by atoms with Crippen LogP contribution in [-0.4, -0.2) is 73.8 Å². The molecule has 0 bridgehead atoms. The molecule has 0 amide bonds. The quantitative estimate of drug-likeness (QED) is 0.312. The van der Waals surface area contributed by atoms with Crippen LogP contribution in [0, 0.1) is 5.41 Å². The maximum absolute atomic E-state index is 5.74. The van der Waals surface area contributed by atoms with Crippen molar-refractivity contribution in [3.63, 3.8) is 0 Å². The molecule has 3 aliphatic rings. The molecule has 0 aromatic carbocycles. The molecule has 0 radical (unpaired) electrons. The molecule has 3 atom stereocenters. The Kier molecular flexibility index (Phi) is 6.24. The third-order valence-corrected chi connectivity index (χ3v) is 6.62. The summed E-state index contributed by atoms with van der Waals surface area (Å²) >= 11 is 0. The molecule has 24 heavy (non-hydrogen) atoms. The van der Waals surface area contributed by atoms with Gasteiger partial charge in [0.2, 0.25) is 0 Å². The molecule has 1 aliphatic carbocycles. The SMILES string of the molecule is CN=C(NC1CC(C)(OC)C1(C)C)N1CCC(N2CC=CC2)C1.I. The topological polar surface area (TPSA) is 40.1 Å². The summed E-state index contributed by atoms with van der Waals surface area (Å²) in [7, 11) is 3.72. The van der Waals surface area contributed by atoms with Gasteiger partial charge in [0.25, 0.3) is 0 Å². The van der Waals surface area contributed by atoms with E-state index in [1.54, 1.807) is 0 Å². The highest BCUT2D eigenvalue weighted by Gasteiger charge is 2.58. The molecule has 1 N–H and O–H groups in total. The van der Waals surface area contributed by atoms with Gasteiger partial charge in [-0.3, -0.25) is 9.89 Å². The van der Waals surface area contributed by atoms with Crippen LogP contribution in [0.1, 0.15) is 33.6 Å². The Morgan fingerprint density at radius 3 is 2.46 bits per heavy atom. The summed E-state index contributed by atoms with van der Waals surface area (Å²) < 4.78 is 5.74. The first-order valence-electron chi connectivity index (χ1n) is 8.84. The molecule has 2 aliphatic heterocycles. The number of nitrogens with one attached hydrogen (secondary N) is 1. The summed E-state index contributed by atoms with van der Waals surface area (Å²) in [6, 6.07) is 1.07. The molecular weight excluding hydrogens is 415 g/mol. The molecule has 1 saturated heterocycles. The molecule has 6 heteroatoms. The molecule has 1 saturated carbocycles. The first-order chi connectivity index (χ1) is 10.9. The molecule has 2 fully saturated rings. The zero-order valence-corrected chi connectivity index (χ0v) is 18.0. The van der Waals surface area contributed by atoms with E-state index in [0.29, 0.717) is 12.1 Å². The normalized spacial score (nSPS) is 35.7. The van der Waals surface area contributed by atoms with Crippen LogP contribution < -0.4 is 5.32 Å². The monoisotopic (exact) mass is 448 g/mol. The van der Waals surface area contributed by atoms with Gasteiger partial charge in [-0.15, -0.1) is 24.0 Å². The zero-order valence-electron chi connectivity index (χ0n) is 15.7. The van der Waals surface area contributed by atoms with Crippen LogP contribution in [0.3, 0.4) is 0 Å². The van der Waals surface area contributed by atoms with Gasteiger partial charge >= 0.3 is 0 Å². The van der Waals surface area contributed by atoms with Crippen molar-refractivity contribution in [1.29, 1.82) is 0 Å². The predicted molar refractivity (Wildman–Crippen MR) is 110 cm³/mol. The molecule has 0 aromatic rings. The maximum atomic E-state index is 5.74. The lowest BCUT2D eigenvalue weighted by Crippen LogP contribution is -2.69. The molecular formula is C18H33IN4O. The standard InChI is InChI=1S/C18H32N4O.HI/c1-17(2)15(12-18(17,3)23-5)20-16(19-4)22-11-8-14(13-22)21-9-6-7-10-21;/h6-7,14-15H,8-13H2,1-5H3,(H,19,20);1H.